The van der Waals surface area contributed by atoms with Crippen molar-refractivity contribution in [2.45, 2.75) is 38.4 Å². The Morgan fingerprint density at radius 3 is 2.38 bits per heavy atom. The van der Waals surface area contributed by atoms with Gasteiger partial charge in [0.2, 0.25) is 6.17 Å². The van der Waals surface area contributed by atoms with Gasteiger partial charge in [-0.25, -0.2) is 14.0 Å². The molecule has 0 saturated carbocycles. The summed E-state index contributed by atoms with van der Waals surface area (Å²) >= 11 is 2.19. The van der Waals surface area contributed by atoms with Crippen LogP contribution in [0.4, 0.5) is 20.6 Å². The minimum atomic E-state index is -2.17. The Morgan fingerprint density at radius 1 is 1.00 bits per heavy atom. The van der Waals surface area contributed by atoms with Crippen LogP contribution in [0.1, 0.15) is 47.2 Å². The van der Waals surface area contributed by atoms with E-state index in [0.717, 1.165) is 33.2 Å². The second-order valence-corrected chi connectivity index (χ2v) is 10.5. The van der Waals surface area contributed by atoms with Crippen LogP contribution in [0.3, 0.4) is 0 Å². The van der Waals surface area contributed by atoms with E-state index >= 15 is 0 Å². The Hall–Kier alpha value is -3.73. The summed E-state index contributed by atoms with van der Waals surface area (Å²) in [5.74, 6) is -2.20. The molecule has 0 heterocycles. The molecule has 7 nitrogen and oxygen atoms in total. The Morgan fingerprint density at radius 2 is 1.74 bits per heavy atom. The lowest BCUT2D eigenvalue weighted by Gasteiger charge is -2.24. The molecule has 0 spiro atoms. The molecule has 3 N–H and O–H groups in total. The molecule has 1 unspecified atom stereocenters. The zero-order chi connectivity index (χ0) is 27.8. The van der Waals surface area contributed by atoms with E-state index in [1.165, 1.54) is 18.4 Å². The maximum Gasteiger partial charge on any atom is 0.340 e. The number of hydrogen-bond donors (Lipinski definition) is 3. The minimum absolute atomic E-state index is 0.241. The van der Waals surface area contributed by atoms with Gasteiger partial charge in [-0.2, -0.15) is 0 Å². The lowest BCUT2D eigenvalue weighted by molar-refractivity contribution is -0.142. The normalized spacial score (nSPS) is 13.6. The van der Waals surface area contributed by atoms with E-state index in [1.807, 2.05) is 48.5 Å². The van der Waals surface area contributed by atoms with Gasteiger partial charge in [0.1, 0.15) is 0 Å². The number of nitrogens with zero attached hydrogens (tertiary/aromatic N) is 1. The molecule has 0 fully saturated rings. The molecule has 202 valence electrons. The number of hydrogen-bond acceptors (Lipinski definition) is 3. The predicted octanol–water partition coefficient (Wildman–Crippen LogP) is 6.64. The highest BCUT2D eigenvalue weighted by molar-refractivity contribution is 14.1. The van der Waals surface area contributed by atoms with E-state index in [2.05, 4.69) is 39.3 Å². The number of alkyl halides is 1. The van der Waals surface area contributed by atoms with Gasteiger partial charge in [0, 0.05) is 20.5 Å². The van der Waals surface area contributed by atoms with Crippen molar-refractivity contribution in [3.63, 3.8) is 0 Å². The zero-order valence-corrected chi connectivity index (χ0v) is 23.4. The number of nitrogens with one attached hydrogen (secondary N) is 2. The number of carbonyl (C=O) groups excluding carboxylic acids is 2. The average Bonchev–Trinajstić information content (AvgIpc) is 2.95. The molecule has 1 atom stereocenters. The van der Waals surface area contributed by atoms with E-state index in [0.29, 0.717) is 5.69 Å². The lowest BCUT2D eigenvalue weighted by atomic mass is 9.93. The summed E-state index contributed by atoms with van der Waals surface area (Å²) in [6.45, 7) is -0.375. The van der Waals surface area contributed by atoms with Crippen LogP contribution >= 0.6 is 22.6 Å². The number of carboxylic acid groups (broad SMARTS) is 1. The number of urea groups is 1. The van der Waals surface area contributed by atoms with Crippen LogP contribution in [0.25, 0.3) is 5.57 Å². The summed E-state index contributed by atoms with van der Waals surface area (Å²) in [6, 6.07) is 21.8. The SMILES string of the molecule is O=C(NCC(F)C(=O)O)c1ccc(CN(C(=O)Nc2cccc(I)c2)c2ccc(C3=CCCCC3)cc2)cc1. The van der Waals surface area contributed by atoms with Crippen molar-refractivity contribution in [2.75, 3.05) is 16.8 Å². The molecule has 0 aromatic heterocycles. The molecule has 4 rings (SSSR count). The van der Waals surface area contributed by atoms with Gasteiger partial charge in [0.05, 0.1) is 13.1 Å². The van der Waals surface area contributed by atoms with Crippen LogP contribution in [0.5, 0.6) is 0 Å². The van der Waals surface area contributed by atoms with E-state index in [9.17, 15) is 18.8 Å². The fourth-order valence-electron chi connectivity index (χ4n) is 4.31. The molecule has 3 amide bonds. The number of benzene rings is 3. The number of carboxylic acids is 1. The summed E-state index contributed by atoms with van der Waals surface area (Å²) in [5.41, 5.74) is 4.93. The highest BCUT2D eigenvalue weighted by atomic mass is 127. The molecular weight excluding hydrogens is 612 g/mol. The first-order valence-electron chi connectivity index (χ1n) is 12.7. The summed E-state index contributed by atoms with van der Waals surface area (Å²) in [7, 11) is 0. The smallest absolute Gasteiger partial charge is 0.340 e. The van der Waals surface area contributed by atoms with Crippen LogP contribution in [-0.2, 0) is 11.3 Å². The van der Waals surface area contributed by atoms with E-state index in [1.54, 1.807) is 29.2 Å². The van der Waals surface area contributed by atoms with Gasteiger partial charge < -0.3 is 15.7 Å². The van der Waals surface area contributed by atoms with Crippen molar-refractivity contribution in [3.05, 3.63) is 99.1 Å². The number of amides is 3. The highest BCUT2D eigenvalue weighted by Gasteiger charge is 2.19. The summed E-state index contributed by atoms with van der Waals surface area (Å²) < 4.78 is 14.3. The molecule has 3 aromatic rings. The third kappa shape index (κ3) is 7.89. The van der Waals surface area contributed by atoms with Gasteiger partial charge in [-0.1, -0.05) is 36.4 Å². The van der Waals surface area contributed by atoms with Crippen LogP contribution in [-0.4, -0.2) is 35.7 Å². The van der Waals surface area contributed by atoms with Crippen molar-refractivity contribution >= 4 is 57.4 Å². The predicted molar refractivity (Wildman–Crippen MR) is 159 cm³/mol. The summed E-state index contributed by atoms with van der Waals surface area (Å²) in [5, 5.41) is 13.9. The molecule has 0 bridgehead atoms. The Bertz CT molecular complexity index is 1360. The molecular formula is C30H29FIN3O4. The topological polar surface area (TPSA) is 98.7 Å². The first kappa shape index (κ1) is 28.3. The average molecular weight is 641 g/mol. The van der Waals surface area contributed by atoms with Crippen molar-refractivity contribution < 1.29 is 23.9 Å². The Balaban J connectivity index is 1.52. The van der Waals surface area contributed by atoms with Gasteiger partial charge in [-0.15, -0.1) is 0 Å². The second-order valence-electron chi connectivity index (χ2n) is 9.26. The van der Waals surface area contributed by atoms with Gasteiger partial charge in [-0.3, -0.25) is 9.69 Å². The second kappa shape index (κ2) is 13.4. The number of anilines is 2. The fraction of sp³-hybridized carbons (Fsp3) is 0.233. The lowest BCUT2D eigenvalue weighted by Crippen LogP contribution is -2.35. The standard InChI is InChI=1S/C30H29FIN3O4/c31-27(29(37)38)18-33-28(36)23-11-9-20(10-12-23)19-35(30(39)34-25-8-4-7-24(32)17-25)26-15-13-22(14-16-26)21-5-2-1-3-6-21/h4-5,7-17,27H,1-3,6,18-19H2,(H,33,36)(H,34,39)(H,37,38). The number of allylic oxidation sites excluding steroid dienone is 2. The molecule has 1 aliphatic carbocycles. The van der Waals surface area contributed by atoms with Gasteiger partial charge in [-0.05, 0) is 107 Å². The van der Waals surface area contributed by atoms with Crippen molar-refractivity contribution in [2.24, 2.45) is 0 Å². The largest absolute Gasteiger partial charge is 0.479 e. The molecule has 0 radical (unpaired) electrons. The van der Waals surface area contributed by atoms with Crippen molar-refractivity contribution in [1.82, 2.24) is 5.32 Å². The Labute approximate surface area is 240 Å². The van der Waals surface area contributed by atoms with E-state index in [-0.39, 0.29) is 18.1 Å². The molecule has 0 aliphatic heterocycles. The maximum atomic E-state index is 13.4. The number of carbonyl (C=O) groups is 3. The maximum absolute atomic E-state index is 13.4. The molecule has 39 heavy (non-hydrogen) atoms. The van der Waals surface area contributed by atoms with Crippen LogP contribution in [0.15, 0.2) is 78.9 Å². The highest BCUT2D eigenvalue weighted by Crippen LogP contribution is 2.29. The van der Waals surface area contributed by atoms with Crippen LogP contribution < -0.4 is 15.5 Å². The van der Waals surface area contributed by atoms with Gasteiger partial charge in [0.25, 0.3) is 5.91 Å². The molecule has 0 saturated heterocycles. The van der Waals surface area contributed by atoms with Crippen LogP contribution in [0, 0.1) is 3.57 Å². The van der Waals surface area contributed by atoms with Gasteiger partial charge in [0.15, 0.2) is 0 Å². The van der Waals surface area contributed by atoms with E-state index < -0.39 is 24.6 Å². The molecule has 3 aromatic carbocycles. The monoisotopic (exact) mass is 641 g/mol. The first-order valence-corrected chi connectivity index (χ1v) is 13.8. The summed E-state index contributed by atoms with van der Waals surface area (Å²) in [6.07, 6.45) is 4.65. The fourth-order valence-corrected chi connectivity index (χ4v) is 4.85. The summed E-state index contributed by atoms with van der Waals surface area (Å²) in [4.78, 5) is 38.0. The minimum Gasteiger partial charge on any atom is -0.479 e. The quantitative estimate of drug-likeness (QED) is 0.228. The molecule has 1 aliphatic rings. The van der Waals surface area contributed by atoms with Gasteiger partial charge >= 0.3 is 12.0 Å². The number of halogens is 2. The third-order valence-corrected chi connectivity index (χ3v) is 7.10. The number of aliphatic carboxylic acids is 1. The third-order valence-electron chi connectivity index (χ3n) is 6.43. The zero-order valence-electron chi connectivity index (χ0n) is 21.2. The van der Waals surface area contributed by atoms with Crippen molar-refractivity contribution in [3.8, 4) is 0 Å². The Kier molecular flexibility index (Phi) is 9.69. The van der Waals surface area contributed by atoms with E-state index in [4.69, 9.17) is 5.11 Å². The molecule has 9 heteroatoms. The van der Waals surface area contributed by atoms with Crippen LogP contribution in [0.2, 0.25) is 0 Å². The van der Waals surface area contributed by atoms with Crippen molar-refractivity contribution in [1.29, 1.82) is 0 Å². The first-order chi connectivity index (χ1) is 18.8. The number of rotatable bonds is 9.